The van der Waals surface area contributed by atoms with E-state index in [0.717, 1.165) is 0 Å². The summed E-state index contributed by atoms with van der Waals surface area (Å²) in [6, 6.07) is -4.72. The maximum Gasteiger partial charge on any atom is 0.326 e. The summed E-state index contributed by atoms with van der Waals surface area (Å²) in [5.74, 6) is -5.57. The summed E-state index contributed by atoms with van der Waals surface area (Å²) < 4.78 is 0. The molecule has 13 nitrogen and oxygen atoms in total. The molecule has 4 amide bonds. The van der Waals surface area contributed by atoms with Crippen LogP contribution in [0.2, 0.25) is 0 Å². The highest BCUT2D eigenvalue weighted by atomic mass is 16.4. The number of rotatable bonds is 13. The van der Waals surface area contributed by atoms with E-state index in [1.165, 1.54) is 4.90 Å². The van der Waals surface area contributed by atoms with Gasteiger partial charge in [-0.3, -0.25) is 24.0 Å². The molecule has 1 heterocycles. The van der Waals surface area contributed by atoms with Gasteiger partial charge in [0.05, 0.1) is 12.5 Å². The number of amides is 4. The number of nitrogens with zero attached hydrogens (tertiary/aromatic N) is 1. The smallest absolute Gasteiger partial charge is 0.326 e. The highest BCUT2D eigenvalue weighted by molar-refractivity contribution is 5.96. The molecule has 1 aliphatic heterocycles. The van der Waals surface area contributed by atoms with Crippen molar-refractivity contribution in [2.24, 2.45) is 17.4 Å². The number of carboxylic acid groups (broad SMARTS) is 2. The van der Waals surface area contributed by atoms with Gasteiger partial charge in [0.15, 0.2) is 0 Å². The molecule has 0 aromatic rings. The van der Waals surface area contributed by atoms with Gasteiger partial charge in [0.25, 0.3) is 0 Å². The van der Waals surface area contributed by atoms with Gasteiger partial charge in [0, 0.05) is 13.0 Å². The molecule has 8 N–H and O–H groups in total. The molecule has 0 aromatic heterocycles. The van der Waals surface area contributed by atoms with Crippen molar-refractivity contribution in [2.75, 3.05) is 6.54 Å². The van der Waals surface area contributed by atoms with E-state index in [1.54, 1.807) is 0 Å². The average Bonchev–Trinajstić information content (AvgIpc) is 3.18. The van der Waals surface area contributed by atoms with Crippen LogP contribution >= 0.6 is 0 Å². The van der Waals surface area contributed by atoms with Crippen LogP contribution < -0.4 is 22.1 Å². The first-order chi connectivity index (χ1) is 15.3. The third-order valence-corrected chi connectivity index (χ3v) is 5.18. The van der Waals surface area contributed by atoms with Crippen molar-refractivity contribution in [3.05, 3.63) is 0 Å². The van der Waals surface area contributed by atoms with Crippen LogP contribution in [0, 0.1) is 5.92 Å². The molecule has 1 aliphatic rings. The number of nitrogens with one attached hydrogen (secondary N) is 2. The largest absolute Gasteiger partial charge is 0.481 e. The van der Waals surface area contributed by atoms with Crippen molar-refractivity contribution in [1.29, 1.82) is 0 Å². The molecular weight excluding hydrogens is 438 g/mol. The summed E-state index contributed by atoms with van der Waals surface area (Å²) in [4.78, 5) is 73.0. The predicted octanol–water partition coefficient (Wildman–Crippen LogP) is -1.85. The fourth-order valence-corrected chi connectivity index (χ4v) is 3.60. The summed E-state index contributed by atoms with van der Waals surface area (Å²) >= 11 is 0. The maximum atomic E-state index is 12.9. The van der Waals surface area contributed by atoms with E-state index >= 15 is 0 Å². The molecular formula is C20H33N5O8. The van der Waals surface area contributed by atoms with Crippen LogP contribution in [0.1, 0.15) is 52.4 Å². The molecule has 0 aromatic carbocycles. The van der Waals surface area contributed by atoms with Gasteiger partial charge in [-0.15, -0.1) is 0 Å². The van der Waals surface area contributed by atoms with Gasteiger partial charge in [0.1, 0.15) is 18.1 Å². The monoisotopic (exact) mass is 471 g/mol. The molecule has 0 radical (unpaired) electrons. The first-order valence-corrected chi connectivity index (χ1v) is 10.7. The Kier molecular flexibility index (Phi) is 10.7. The van der Waals surface area contributed by atoms with Gasteiger partial charge in [0.2, 0.25) is 23.6 Å². The fraction of sp³-hybridized carbons (Fsp3) is 0.700. The second kappa shape index (κ2) is 12.7. The topological polar surface area (TPSA) is 222 Å². The van der Waals surface area contributed by atoms with E-state index < -0.39 is 79.0 Å². The summed E-state index contributed by atoms with van der Waals surface area (Å²) in [6.07, 6.45) is -0.222. The third-order valence-electron chi connectivity index (χ3n) is 5.18. The Balaban J connectivity index is 2.91. The first-order valence-electron chi connectivity index (χ1n) is 10.7. The van der Waals surface area contributed by atoms with Crippen LogP contribution in [0.15, 0.2) is 0 Å². The van der Waals surface area contributed by atoms with Crippen LogP contribution in [0.3, 0.4) is 0 Å². The SMILES string of the molecule is CC(C)CC(N)C(=O)N1CCCC1C(=O)NC(CC(N)=O)C(=O)NC(CCC(=O)O)C(=O)O. The number of hydrogen-bond donors (Lipinski definition) is 6. The van der Waals surface area contributed by atoms with E-state index in [9.17, 15) is 33.9 Å². The zero-order chi connectivity index (χ0) is 25.3. The molecule has 1 fully saturated rings. The Morgan fingerprint density at radius 2 is 1.70 bits per heavy atom. The van der Waals surface area contributed by atoms with Gasteiger partial charge >= 0.3 is 11.9 Å². The van der Waals surface area contributed by atoms with Crippen LogP contribution in [0.4, 0.5) is 0 Å². The molecule has 33 heavy (non-hydrogen) atoms. The standard InChI is InChI=1S/C20H33N5O8/c1-10(2)8-11(21)19(31)25-7-3-4-14(25)18(30)24-13(9-15(22)26)17(29)23-12(20(32)33)5-6-16(27)28/h10-14H,3-9,21H2,1-2H3,(H2,22,26)(H,23,29)(H,24,30)(H,27,28)(H,32,33). The lowest BCUT2D eigenvalue weighted by Crippen LogP contribution is -2.57. The molecule has 0 aliphatic carbocycles. The Morgan fingerprint density at radius 3 is 2.21 bits per heavy atom. The van der Waals surface area contributed by atoms with E-state index in [1.807, 2.05) is 13.8 Å². The van der Waals surface area contributed by atoms with Gasteiger partial charge in [-0.05, 0) is 31.6 Å². The maximum absolute atomic E-state index is 12.9. The van der Waals surface area contributed by atoms with Crippen LogP contribution in [0.25, 0.3) is 0 Å². The molecule has 1 rings (SSSR count). The minimum atomic E-state index is -1.54. The minimum Gasteiger partial charge on any atom is -0.481 e. The van der Waals surface area contributed by atoms with E-state index in [0.29, 0.717) is 25.8 Å². The number of carboxylic acids is 2. The number of primary amides is 1. The van der Waals surface area contributed by atoms with Crippen molar-refractivity contribution in [1.82, 2.24) is 15.5 Å². The lowest BCUT2D eigenvalue weighted by Gasteiger charge is -2.28. The molecule has 0 spiro atoms. The quantitative estimate of drug-likeness (QED) is 0.177. The van der Waals surface area contributed by atoms with E-state index in [2.05, 4.69) is 10.6 Å². The third kappa shape index (κ3) is 9.04. The van der Waals surface area contributed by atoms with Gasteiger partial charge < -0.3 is 37.2 Å². The fourth-order valence-electron chi connectivity index (χ4n) is 3.60. The number of hydrogen-bond acceptors (Lipinski definition) is 7. The minimum absolute atomic E-state index is 0.172. The van der Waals surface area contributed by atoms with E-state index in [-0.39, 0.29) is 5.92 Å². The summed E-state index contributed by atoms with van der Waals surface area (Å²) in [5.41, 5.74) is 11.1. The Morgan fingerprint density at radius 1 is 1.06 bits per heavy atom. The average molecular weight is 472 g/mol. The zero-order valence-electron chi connectivity index (χ0n) is 18.8. The highest BCUT2D eigenvalue weighted by Crippen LogP contribution is 2.20. The van der Waals surface area contributed by atoms with Crippen LogP contribution in [-0.2, 0) is 28.8 Å². The molecule has 13 heteroatoms. The van der Waals surface area contributed by atoms with Crippen molar-refractivity contribution < 1.29 is 39.0 Å². The summed E-state index contributed by atoms with van der Waals surface area (Å²) in [5, 5.41) is 22.4. The molecule has 1 saturated heterocycles. The summed E-state index contributed by atoms with van der Waals surface area (Å²) in [6.45, 7) is 4.14. The summed E-state index contributed by atoms with van der Waals surface area (Å²) in [7, 11) is 0. The zero-order valence-corrected chi connectivity index (χ0v) is 18.8. The van der Waals surface area contributed by atoms with Gasteiger partial charge in [-0.1, -0.05) is 13.8 Å². The first kappa shape index (κ1) is 27.8. The second-order valence-electron chi connectivity index (χ2n) is 8.49. The number of carbonyl (C=O) groups is 6. The van der Waals surface area contributed by atoms with Crippen molar-refractivity contribution >= 4 is 35.6 Å². The second-order valence-corrected chi connectivity index (χ2v) is 8.49. The number of likely N-dealkylation sites (tertiary alicyclic amines) is 1. The Labute approximate surface area is 191 Å². The van der Waals surface area contributed by atoms with Gasteiger partial charge in [-0.25, -0.2) is 4.79 Å². The number of carbonyl (C=O) groups excluding carboxylic acids is 4. The molecule has 4 atom stereocenters. The lowest BCUT2D eigenvalue weighted by molar-refractivity contribution is -0.144. The van der Waals surface area contributed by atoms with Gasteiger partial charge in [-0.2, -0.15) is 0 Å². The molecule has 0 bridgehead atoms. The van der Waals surface area contributed by atoms with Crippen molar-refractivity contribution in [3.8, 4) is 0 Å². The van der Waals surface area contributed by atoms with Crippen molar-refractivity contribution in [2.45, 2.75) is 76.5 Å². The normalized spacial score (nSPS) is 18.3. The van der Waals surface area contributed by atoms with Crippen molar-refractivity contribution in [3.63, 3.8) is 0 Å². The highest BCUT2D eigenvalue weighted by Gasteiger charge is 2.38. The van der Waals surface area contributed by atoms with Crippen LogP contribution in [0.5, 0.6) is 0 Å². The molecule has 186 valence electrons. The number of nitrogens with two attached hydrogens (primary N) is 2. The van der Waals surface area contributed by atoms with Crippen LogP contribution in [-0.4, -0.2) is 81.4 Å². The molecule has 4 unspecified atom stereocenters. The van der Waals surface area contributed by atoms with E-state index in [4.69, 9.17) is 16.6 Å². The molecule has 0 saturated carbocycles. The lowest BCUT2D eigenvalue weighted by atomic mass is 10.0. The Bertz CT molecular complexity index is 772. The predicted molar refractivity (Wildman–Crippen MR) is 114 cm³/mol. The Hall–Kier alpha value is -3.22. The number of aliphatic carboxylic acids is 2.